The SMILES string of the molecule is CCCCCCCCCCCCCCCCCCCCCC(=O)O.N[C@H]1C(O)O[C@H](CO)[C@@H](O)[C@@H]1O. The van der Waals surface area contributed by atoms with Gasteiger partial charge in [0.2, 0.25) is 0 Å². The molecule has 0 aliphatic carbocycles. The Bertz CT molecular complexity index is 490. The summed E-state index contributed by atoms with van der Waals surface area (Å²) in [4.78, 5) is 10.4. The van der Waals surface area contributed by atoms with E-state index in [9.17, 15) is 15.0 Å². The van der Waals surface area contributed by atoms with Gasteiger partial charge in [0.05, 0.1) is 12.6 Å². The van der Waals surface area contributed by atoms with Crippen LogP contribution in [0.4, 0.5) is 0 Å². The van der Waals surface area contributed by atoms with Crippen molar-refractivity contribution in [2.75, 3.05) is 6.61 Å². The Hall–Kier alpha value is -0.770. The Balaban J connectivity index is 0.000000846. The summed E-state index contributed by atoms with van der Waals surface area (Å²) in [5.41, 5.74) is 5.26. The Morgan fingerprint density at radius 2 is 1.03 bits per heavy atom. The Kier molecular flexibility index (Phi) is 24.0. The number of carboxylic acid groups (broad SMARTS) is 1. The highest BCUT2D eigenvalue weighted by atomic mass is 16.6. The molecule has 8 heteroatoms. The van der Waals surface area contributed by atoms with Crippen molar-refractivity contribution in [3.05, 3.63) is 0 Å². The molecule has 1 heterocycles. The number of aliphatic carboxylic acids is 1. The van der Waals surface area contributed by atoms with Gasteiger partial charge in [0.25, 0.3) is 0 Å². The number of carbonyl (C=O) groups is 1. The minimum absolute atomic E-state index is 0.346. The molecule has 1 rings (SSSR count). The molecule has 0 radical (unpaired) electrons. The number of ether oxygens (including phenoxy) is 1. The van der Waals surface area contributed by atoms with Gasteiger partial charge in [0.15, 0.2) is 6.29 Å². The summed E-state index contributed by atoms with van der Waals surface area (Å²) in [7, 11) is 0. The third kappa shape index (κ3) is 19.4. The van der Waals surface area contributed by atoms with Crippen molar-refractivity contribution in [2.45, 2.75) is 166 Å². The first-order chi connectivity index (χ1) is 17.3. The van der Waals surface area contributed by atoms with Crippen molar-refractivity contribution in [3.63, 3.8) is 0 Å². The van der Waals surface area contributed by atoms with Gasteiger partial charge >= 0.3 is 5.97 Å². The fraction of sp³-hybridized carbons (Fsp3) is 0.964. The standard InChI is InChI=1S/C22H44O2.C6H13NO5/c1-2-3-4-5-6-7-8-9-10-11-12-13-14-15-16-17-18-19-20-21-22(23)24;7-3-5(10)4(9)2(1-8)12-6(3)11/h2-21H2,1H3,(H,23,24);2-6,8-11H,1,7H2/t;2-,3-,4-,5-,6?/m.1/s1. The number of aliphatic hydroxyl groups is 4. The van der Waals surface area contributed by atoms with Crippen LogP contribution in [-0.2, 0) is 9.53 Å². The van der Waals surface area contributed by atoms with Crippen LogP contribution in [0.1, 0.15) is 135 Å². The molecule has 1 aliphatic heterocycles. The lowest BCUT2D eigenvalue weighted by molar-refractivity contribution is -0.248. The van der Waals surface area contributed by atoms with Gasteiger partial charge in [-0.1, -0.05) is 122 Å². The Labute approximate surface area is 219 Å². The van der Waals surface area contributed by atoms with E-state index < -0.39 is 43.2 Å². The first-order valence-electron chi connectivity index (χ1n) is 14.6. The smallest absolute Gasteiger partial charge is 0.303 e. The molecule has 0 aromatic heterocycles. The predicted octanol–water partition coefficient (Wildman–Crippen LogP) is 4.64. The summed E-state index contributed by atoms with van der Waals surface area (Å²) in [5, 5.41) is 44.6. The van der Waals surface area contributed by atoms with Crippen LogP contribution in [0.5, 0.6) is 0 Å². The van der Waals surface area contributed by atoms with E-state index in [-0.39, 0.29) is 0 Å². The highest BCUT2D eigenvalue weighted by molar-refractivity contribution is 5.66. The molecule has 0 amide bonds. The second-order valence-electron chi connectivity index (χ2n) is 10.3. The Morgan fingerprint density at radius 3 is 1.36 bits per heavy atom. The van der Waals surface area contributed by atoms with Crippen LogP contribution in [0, 0.1) is 0 Å². The largest absolute Gasteiger partial charge is 0.481 e. The molecule has 1 fully saturated rings. The topological polar surface area (TPSA) is 153 Å². The molecule has 0 spiro atoms. The van der Waals surface area contributed by atoms with Crippen LogP contribution in [0.2, 0.25) is 0 Å². The third-order valence-electron chi connectivity index (χ3n) is 6.94. The number of carboxylic acids is 1. The second-order valence-corrected chi connectivity index (χ2v) is 10.3. The van der Waals surface area contributed by atoms with Gasteiger partial charge < -0.3 is 36.0 Å². The fourth-order valence-electron chi connectivity index (χ4n) is 4.47. The zero-order chi connectivity index (χ0) is 27.0. The third-order valence-corrected chi connectivity index (χ3v) is 6.94. The first kappa shape index (κ1) is 35.2. The van der Waals surface area contributed by atoms with E-state index >= 15 is 0 Å². The lowest BCUT2D eigenvalue weighted by Crippen LogP contribution is -2.61. The second kappa shape index (κ2) is 24.6. The molecular formula is C28H57NO7. The van der Waals surface area contributed by atoms with Crippen LogP contribution in [0.25, 0.3) is 0 Å². The van der Waals surface area contributed by atoms with Crippen molar-refractivity contribution >= 4 is 5.97 Å². The van der Waals surface area contributed by atoms with Crippen molar-refractivity contribution < 1.29 is 35.1 Å². The van der Waals surface area contributed by atoms with Gasteiger partial charge in [-0.25, -0.2) is 0 Å². The molecule has 1 saturated heterocycles. The number of hydrogen-bond donors (Lipinski definition) is 6. The van der Waals surface area contributed by atoms with E-state index in [0.717, 1.165) is 12.8 Å². The zero-order valence-corrected chi connectivity index (χ0v) is 22.9. The van der Waals surface area contributed by atoms with Crippen LogP contribution in [-0.4, -0.2) is 68.8 Å². The highest BCUT2D eigenvalue weighted by Crippen LogP contribution is 2.18. The molecule has 7 N–H and O–H groups in total. The van der Waals surface area contributed by atoms with E-state index in [2.05, 4.69) is 6.92 Å². The number of rotatable bonds is 21. The van der Waals surface area contributed by atoms with Crippen molar-refractivity contribution in [1.82, 2.24) is 0 Å². The van der Waals surface area contributed by atoms with Crippen molar-refractivity contribution in [3.8, 4) is 0 Å². The van der Waals surface area contributed by atoms with Gasteiger partial charge in [0, 0.05) is 6.42 Å². The summed E-state index contributed by atoms with van der Waals surface area (Å²) in [6, 6.07) is -1.04. The molecule has 5 atom stereocenters. The maximum absolute atomic E-state index is 10.4. The molecule has 8 nitrogen and oxygen atoms in total. The normalized spacial score (nSPS) is 23.8. The van der Waals surface area contributed by atoms with Crippen LogP contribution in [0.15, 0.2) is 0 Å². The van der Waals surface area contributed by atoms with Crippen molar-refractivity contribution in [1.29, 1.82) is 0 Å². The number of unbranched alkanes of at least 4 members (excludes halogenated alkanes) is 18. The maximum Gasteiger partial charge on any atom is 0.303 e. The van der Waals surface area contributed by atoms with E-state index in [1.807, 2.05) is 0 Å². The molecular weight excluding hydrogens is 462 g/mol. The minimum atomic E-state index is -1.35. The summed E-state index contributed by atoms with van der Waals surface area (Å²) >= 11 is 0. The monoisotopic (exact) mass is 519 g/mol. The van der Waals surface area contributed by atoms with Crippen LogP contribution < -0.4 is 5.73 Å². The zero-order valence-electron chi connectivity index (χ0n) is 22.9. The fourth-order valence-corrected chi connectivity index (χ4v) is 4.47. The molecule has 0 aromatic rings. The summed E-state index contributed by atoms with van der Waals surface area (Å²) in [6.45, 7) is 1.81. The summed E-state index contributed by atoms with van der Waals surface area (Å²) in [6.07, 6.45) is 21.2. The molecule has 1 unspecified atom stereocenters. The molecule has 0 saturated carbocycles. The molecule has 0 aromatic carbocycles. The van der Waals surface area contributed by atoms with Gasteiger partial charge in [-0.3, -0.25) is 4.79 Å². The van der Waals surface area contributed by atoms with Crippen LogP contribution in [0.3, 0.4) is 0 Å². The minimum Gasteiger partial charge on any atom is -0.481 e. The summed E-state index contributed by atoms with van der Waals surface area (Å²) < 4.78 is 4.70. The average Bonchev–Trinajstić information content (AvgIpc) is 2.86. The van der Waals surface area contributed by atoms with E-state index in [0.29, 0.717) is 6.42 Å². The lowest BCUT2D eigenvalue weighted by Gasteiger charge is -2.38. The van der Waals surface area contributed by atoms with E-state index in [1.54, 1.807) is 0 Å². The highest BCUT2D eigenvalue weighted by Gasteiger charge is 2.41. The predicted molar refractivity (Wildman–Crippen MR) is 144 cm³/mol. The summed E-state index contributed by atoms with van der Waals surface area (Å²) in [5.74, 6) is -0.651. The quantitative estimate of drug-likeness (QED) is 0.120. The van der Waals surface area contributed by atoms with Gasteiger partial charge in [0.1, 0.15) is 18.3 Å². The average molecular weight is 520 g/mol. The van der Waals surface area contributed by atoms with Gasteiger partial charge in [-0.15, -0.1) is 0 Å². The van der Waals surface area contributed by atoms with E-state index in [1.165, 1.54) is 109 Å². The number of aliphatic hydroxyl groups excluding tert-OH is 4. The van der Waals surface area contributed by atoms with Crippen molar-refractivity contribution in [2.24, 2.45) is 5.73 Å². The lowest BCUT2D eigenvalue weighted by atomic mass is 9.98. The number of hydrogen-bond acceptors (Lipinski definition) is 7. The Morgan fingerprint density at radius 1 is 0.667 bits per heavy atom. The number of nitrogens with two attached hydrogens (primary N) is 1. The molecule has 0 bridgehead atoms. The molecule has 216 valence electrons. The molecule has 1 aliphatic rings. The molecule has 36 heavy (non-hydrogen) atoms. The van der Waals surface area contributed by atoms with Gasteiger partial charge in [-0.2, -0.15) is 0 Å². The maximum atomic E-state index is 10.4. The van der Waals surface area contributed by atoms with Gasteiger partial charge in [-0.05, 0) is 6.42 Å². The first-order valence-corrected chi connectivity index (χ1v) is 14.6. The van der Waals surface area contributed by atoms with Crippen LogP contribution >= 0.6 is 0 Å². The van der Waals surface area contributed by atoms with E-state index in [4.69, 9.17) is 25.8 Å².